The number of likely N-dealkylation sites (N-methyl/N-ethyl adjacent to an activating group) is 1. The van der Waals surface area contributed by atoms with Gasteiger partial charge in [0.2, 0.25) is 5.75 Å². The van der Waals surface area contributed by atoms with Gasteiger partial charge in [-0.2, -0.15) is 0 Å². The average Bonchev–Trinajstić information content (AvgIpc) is 3.17. The summed E-state index contributed by atoms with van der Waals surface area (Å²) in [5.74, 6) is -0.227. The summed E-state index contributed by atoms with van der Waals surface area (Å²) in [5, 5.41) is 11.5. The number of aliphatic hydroxyl groups is 1. The van der Waals surface area contributed by atoms with Gasteiger partial charge in [-0.25, -0.2) is 0 Å². The van der Waals surface area contributed by atoms with E-state index in [4.69, 9.17) is 18.9 Å². The highest BCUT2D eigenvalue weighted by Crippen LogP contribution is 2.46. The smallest absolute Gasteiger partial charge is 0.295 e. The molecule has 1 fully saturated rings. The summed E-state index contributed by atoms with van der Waals surface area (Å²) in [7, 11) is 5.98. The Morgan fingerprint density at radius 1 is 0.919 bits per heavy atom. The molecule has 1 atom stereocenters. The summed E-state index contributed by atoms with van der Waals surface area (Å²) in [6, 6.07) is 7.80. The van der Waals surface area contributed by atoms with Gasteiger partial charge in [-0.1, -0.05) is 25.5 Å². The number of Topliss-reactive ketones (excluding diaryl/α,β-unsaturated/α-hetero) is 1. The molecule has 1 N–H and O–H groups in total. The Balaban J connectivity index is 2.28. The second-order valence-corrected chi connectivity index (χ2v) is 8.68. The van der Waals surface area contributed by atoms with Crippen LogP contribution in [-0.2, 0) is 9.59 Å². The van der Waals surface area contributed by atoms with Crippen molar-refractivity contribution in [3.63, 3.8) is 0 Å². The number of aryl methyl sites for hydroxylation is 1. The number of ether oxygens (including phenoxy) is 4. The van der Waals surface area contributed by atoms with Crippen molar-refractivity contribution in [2.24, 2.45) is 0 Å². The Morgan fingerprint density at radius 3 is 2.03 bits per heavy atom. The second kappa shape index (κ2) is 12.0. The van der Waals surface area contributed by atoms with E-state index in [-0.39, 0.29) is 17.9 Å². The van der Waals surface area contributed by atoms with E-state index in [0.717, 1.165) is 18.7 Å². The van der Waals surface area contributed by atoms with Crippen LogP contribution in [0.4, 0.5) is 0 Å². The maximum Gasteiger partial charge on any atom is 0.295 e. The first-order valence-electron chi connectivity index (χ1n) is 12.2. The predicted molar refractivity (Wildman–Crippen MR) is 141 cm³/mol. The third kappa shape index (κ3) is 5.36. The van der Waals surface area contributed by atoms with E-state index in [2.05, 4.69) is 4.90 Å². The molecule has 1 unspecified atom stereocenters. The van der Waals surface area contributed by atoms with Gasteiger partial charge in [0.25, 0.3) is 11.7 Å². The van der Waals surface area contributed by atoms with Crippen LogP contribution in [-0.4, -0.2) is 81.2 Å². The number of amides is 1. The Hall–Kier alpha value is -3.72. The summed E-state index contributed by atoms with van der Waals surface area (Å²) in [5.41, 5.74) is 1.72. The van der Waals surface area contributed by atoms with Gasteiger partial charge in [-0.15, -0.1) is 0 Å². The van der Waals surface area contributed by atoms with Gasteiger partial charge >= 0.3 is 0 Å². The van der Waals surface area contributed by atoms with Crippen molar-refractivity contribution < 1.29 is 33.6 Å². The van der Waals surface area contributed by atoms with Crippen LogP contribution in [0, 0.1) is 6.92 Å². The number of ketones is 1. The lowest BCUT2D eigenvalue weighted by atomic mass is 9.94. The van der Waals surface area contributed by atoms with Gasteiger partial charge in [-0.05, 0) is 49.8 Å². The molecule has 200 valence electrons. The lowest BCUT2D eigenvalue weighted by Gasteiger charge is -2.29. The Labute approximate surface area is 218 Å². The molecule has 0 spiro atoms. The van der Waals surface area contributed by atoms with E-state index < -0.39 is 17.7 Å². The molecule has 1 saturated heterocycles. The van der Waals surface area contributed by atoms with Crippen LogP contribution in [0.25, 0.3) is 5.76 Å². The maximum atomic E-state index is 13.5. The third-order valence-corrected chi connectivity index (χ3v) is 6.70. The molecule has 3 rings (SSSR count). The molecule has 1 aliphatic heterocycles. The molecule has 2 aromatic carbocycles. The molecular formula is C28H36N2O7. The van der Waals surface area contributed by atoms with Crippen LogP contribution < -0.4 is 18.9 Å². The first kappa shape index (κ1) is 27.9. The topological polar surface area (TPSA) is 97.8 Å². The number of aliphatic hydroxyl groups excluding tert-OH is 1. The summed E-state index contributed by atoms with van der Waals surface area (Å²) in [4.78, 5) is 30.5. The van der Waals surface area contributed by atoms with Crippen LogP contribution in [0.5, 0.6) is 23.0 Å². The van der Waals surface area contributed by atoms with E-state index in [0.29, 0.717) is 40.7 Å². The largest absolute Gasteiger partial charge is 0.507 e. The molecule has 9 heteroatoms. The van der Waals surface area contributed by atoms with Crippen molar-refractivity contribution >= 4 is 17.4 Å². The standard InChI is InChI=1S/C28H36N2O7/c1-8-29(9-2)12-13-30-24(18-15-21(35-5)27(37-7)22(16-18)36-6)23(26(32)28(30)33)25(31)19-14-17(3)10-11-20(19)34-4/h10-11,14-16,24,31H,8-9,12-13H2,1-7H3/b25-23+. The summed E-state index contributed by atoms with van der Waals surface area (Å²) in [6.45, 7) is 8.40. The van der Waals surface area contributed by atoms with E-state index >= 15 is 0 Å². The van der Waals surface area contributed by atoms with E-state index in [1.54, 1.807) is 24.3 Å². The number of carbonyl (C=O) groups excluding carboxylic acids is 2. The number of nitrogens with zero attached hydrogens (tertiary/aromatic N) is 2. The summed E-state index contributed by atoms with van der Waals surface area (Å²) in [6.07, 6.45) is 0. The normalized spacial score (nSPS) is 16.9. The zero-order valence-electron chi connectivity index (χ0n) is 22.6. The molecule has 0 aromatic heterocycles. The summed E-state index contributed by atoms with van der Waals surface area (Å²) >= 11 is 0. The number of carbonyl (C=O) groups is 2. The van der Waals surface area contributed by atoms with Gasteiger partial charge in [0, 0.05) is 13.1 Å². The summed E-state index contributed by atoms with van der Waals surface area (Å²) < 4.78 is 22.0. The molecule has 1 amide bonds. The Morgan fingerprint density at radius 2 is 1.51 bits per heavy atom. The monoisotopic (exact) mass is 512 g/mol. The highest BCUT2D eigenvalue weighted by molar-refractivity contribution is 6.46. The van der Waals surface area contributed by atoms with E-state index in [1.165, 1.54) is 33.3 Å². The van der Waals surface area contributed by atoms with Crippen molar-refractivity contribution in [3.8, 4) is 23.0 Å². The molecule has 0 aliphatic carbocycles. The molecule has 9 nitrogen and oxygen atoms in total. The van der Waals surface area contributed by atoms with Gasteiger partial charge in [0.05, 0.1) is 45.6 Å². The van der Waals surface area contributed by atoms with Crippen LogP contribution >= 0.6 is 0 Å². The number of likely N-dealkylation sites (tertiary alicyclic amines) is 1. The van der Waals surface area contributed by atoms with E-state index in [9.17, 15) is 14.7 Å². The van der Waals surface area contributed by atoms with Gasteiger partial charge in [-0.3, -0.25) is 9.59 Å². The van der Waals surface area contributed by atoms with E-state index in [1.807, 2.05) is 26.8 Å². The van der Waals surface area contributed by atoms with Crippen molar-refractivity contribution in [2.75, 3.05) is 54.6 Å². The third-order valence-electron chi connectivity index (χ3n) is 6.70. The molecule has 0 bridgehead atoms. The van der Waals surface area contributed by atoms with Crippen LogP contribution in [0.1, 0.15) is 36.6 Å². The lowest BCUT2D eigenvalue weighted by molar-refractivity contribution is -0.140. The van der Waals surface area contributed by atoms with Crippen molar-refractivity contribution in [3.05, 3.63) is 52.6 Å². The van der Waals surface area contributed by atoms with Gasteiger partial charge < -0.3 is 33.9 Å². The molecule has 2 aromatic rings. The fourth-order valence-electron chi connectivity index (χ4n) is 4.66. The number of rotatable bonds is 11. The fourth-order valence-corrected chi connectivity index (χ4v) is 4.66. The van der Waals surface area contributed by atoms with Crippen molar-refractivity contribution in [1.29, 1.82) is 0 Å². The second-order valence-electron chi connectivity index (χ2n) is 8.68. The minimum Gasteiger partial charge on any atom is -0.507 e. The first-order chi connectivity index (χ1) is 17.8. The minimum atomic E-state index is -0.880. The zero-order chi connectivity index (χ0) is 27.3. The van der Waals surface area contributed by atoms with Crippen LogP contribution in [0.15, 0.2) is 35.9 Å². The highest BCUT2D eigenvalue weighted by atomic mass is 16.5. The molecule has 0 saturated carbocycles. The lowest BCUT2D eigenvalue weighted by Crippen LogP contribution is -2.38. The number of hydrogen-bond acceptors (Lipinski definition) is 8. The molecule has 0 radical (unpaired) electrons. The van der Waals surface area contributed by atoms with Gasteiger partial charge in [0.1, 0.15) is 11.5 Å². The zero-order valence-corrected chi connectivity index (χ0v) is 22.6. The maximum absolute atomic E-state index is 13.5. The number of hydrogen-bond donors (Lipinski definition) is 1. The molecule has 1 heterocycles. The Kier molecular flexibility index (Phi) is 9.04. The number of methoxy groups -OCH3 is 4. The minimum absolute atomic E-state index is 0.0253. The van der Waals surface area contributed by atoms with Crippen LogP contribution in [0.3, 0.4) is 0 Å². The Bertz CT molecular complexity index is 1160. The van der Waals surface area contributed by atoms with Gasteiger partial charge in [0.15, 0.2) is 11.5 Å². The highest BCUT2D eigenvalue weighted by Gasteiger charge is 2.46. The van der Waals surface area contributed by atoms with Crippen LogP contribution in [0.2, 0.25) is 0 Å². The van der Waals surface area contributed by atoms with Crippen molar-refractivity contribution in [2.45, 2.75) is 26.8 Å². The first-order valence-corrected chi connectivity index (χ1v) is 12.2. The quantitative estimate of drug-likeness (QED) is 0.276. The average molecular weight is 513 g/mol. The molecule has 1 aliphatic rings. The van der Waals surface area contributed by atoms with Crippen molar-refractivity contribution in [1.82, 2.24) is 9.80 Å². The SMILES string of the molecule is CCN(CC)CCN1C(=O)C(=O)/C(=C(/O)c2cc(C)ccc2OC)C1c1cc(OC)c(OC)c(OC)c1. The predicted octanol–water partition coefficient (Wildman–Crippen LogP) is 3.79. The fraction of sp³-hybridized carbons (Fsp3) is 0.429. The number of benzene rings is 2. The molecule has 37 heavy (non-hydrogen) atoms. The molecular weight excluding hydrogens is 476 g/mol.